The van der Waals surface area contributed by atoms with E-state index < -0.39 is 5.60 Å². The monoisotopic (exact) mass is 327 g/mol. The van der Waals surface area contributed by atoms with Crippen molar-refractivity contribution < 1.29 is 23.6 Å². The molecule has 1 amide bonds. The van der Waals surface area contributed by atoms with Gasteiger partial charge in [-0.25, -0.2) is 4.79 Å². The molecule has 6 nitrogen and oxygen atoms in total. The van der Waals surface area contributed by atoms with Crippen molar-refractivity contribution in [2.24, 2.45) is 0 Å². The molecule has 0 aromatic heterocycles. The van der Waals surface area contributed by atoms with Gasteiger partial charge in [0.2, 0.25) is 0 Å². The number of morpholine rings is 1. The number of ether oxygens (including phenoxy) is 2. The Bertz CT molecular complexity index is 430. The molecule has 23 heavy (non-hydrogen) atoms. The Morgan fingerprint density at radius 2 is 1.78 bits per heavy atom. The average molecular weight is 327 g/mol. The molecule has 0 bridgehead atoms. The van der Waals surface area contributed by atoms with E-state index in [1.54, 1.807) is 4.90 Å². The molecule has 2 rings (SSSR count). The van der Waals surface area contributed by atoms with E-state index in [9.17, 15) is 4.79 Å². The summed E-state index contributed by atoms with van der Waals surface area (Å²) in [4.78, 5) is 13.9. The van der Waals surface area contributed by atoms with E-state index in [4.69, 9.17) is 18.8 Å². The molecule has 0 spiro atoms. The molecular weight excluding hydrogens is 297 g/mol. The highest BCUT2D eigenvalue weighted by atomic mass is 16.7. The number of amides is 1. The van der Waals surface area contributed by atoms with Crippen LogP contribution in [-0.4, -0.2) is 60.7 Å². The third kappa shape index (κ3) is 4.61. The molecule has 7 heteroatoms. The van der Waals surface area contributed by atoms with Crippen molar-refractivity contribution in [1.82, 2.24) is 4.90 Å². The lowest BCUT2D eigenvalue weighted by atomic mass is 9.81. The number of hydrogen-bond acceptors (Lipinski definition) is 5. The van der Waals surface area contributed by atoms with Gasteiger partial charge in [-0.3, -0.25) is 0 Å². The molecule has 2 aliphatic rings. The highest BCUT2D eigenvalue weighted by Crippen LogP contribution is 2.38. The first-order valence-electron chi connectivity index (χ1n) is 8.35. The summed E-state index contributed by atoms with van der Waals surface area (Å²) in [7, 11) is -0.316. The fourth-order valence-electron chi connectivity index (χ4n) is 2.63. The minimum Gasteiger partial charge on any atom is -0.444 e. The molecule has 0 aliphatic carbocycles. The topological polar surface area (TPSA) is 57.2 Å². The van der Waals surface area contributed by atoms with E-state index in [2.05, 4.69) is 0 Å². The highest BCUT2D eigenvalue weighted by Gasteiger charge is 2.51. The van der Waals surface area contributed by atoms with E-state index >= 15 is 0 Å². The zero-order valence-electron chi connectivity index (χ0n) is 15.5. The van der Waals surface area contributed by atoms with Gasteiger partial charge in [0.05, 0.1) is 23.9 Å². The van der Waals surface area contributed by atoms with E-state index in [1.165, 1.54) is 0 Å². The molecule has 0 aromatic carbocycles. The third-order valence-electron chi connectivity index (χ3n) is 4.55. The summed E-state index contributed by atoms with van der Waals surface area (Å²) in [5.41, 5.74) is -1.19. The lowest BCUT2D eigenvalue weighted by molar-refractivity contribution is -0.0373. The molecule has 2 saturated heterocycles. The number of carbonyl (C=O) groups excluding carboxylic acids is 1. The Balaban J connectivity index is 1.89. The molecule has 0 radical (unpaired) electrons. The molecule has 0 saturated carbocycles. The van der Waals surface area contributed by atoms with Gasteiger partial charge in [-0.1, -0.05) is 0 Å². The van der Waals surface area contributed by atoms with Crippen LogP contribution >= 0.6 is 0 Å². The van der Waals surface area contributed by atoms with Gasteiger partial charge in [-0.15, -0.1) is 0 Å². The Kier molecular flexibility index (Phi) is 5.05. The summed E-state index contributed by atoms with van der Waals surface area (Å²) in [6.07, 6.45) is 0.206. The van der Waals surface area contributed by atoms with Gasteiger partial charge in [-0.05, 0) is 48.5 Å². The number of rotatable bonds is 2. The van der Waals surface area contributed by atoms with Gasteiger partial charge in [0.1, 0.15) is 5.60 Å². The van der Waals surface area contributed by atoms with E-state index in [1.807, 2.05) is 48.5 Å². The van der Waals surface area contributed by atoms with Gasteiger partial charge in [0, 0.05) is 19.4 Å². The second kappa shape index (κ2) is 6.26. The molecule has 1 atom stereocenters. The SMILES string of the molecule is CC(C)(C)OC(=O)N1CCO[C@H](CB2OC(C)(C)C(C)(C)O2)C1. The average Bonchev–Trinajstić information content (AvgIpc) is 2.55. The van der Waals surface area contributed by atoms with E-state index in [-0.39, 0.29) is 30.5 Å². The van der Waals surface area contributed by atoms with Gasteiger partial charge in [-0.2, -0.15) is 0 Å². The summed E-state index contributed by atoms with van der Waals surface area (Å²) in [5, 5.41) is 0. The predicted octanol–water partition coefficient (Wildman–Crippen LogP) is 2.71. The van der Waals surface area contributed by atoms with Crippen LogP contribution in [0.5, 0.6) is 0 Å². The summed E-state index contributed by atoms with van der Waals surface area (Å²) in [6, 6.07) is 0. The molecule has 0 aromatic rings. The van der Waals surface area contributed by atoms with Crippen LogP contribution in [0.2, 0.25) is 6.32 Å². The van der Waals surface area contributed by atoms with Crippen molar-refractivity contribution in [3.8, 4) is 0 Å². The van der Waals surface area contributed by atoms with Gasteiger partial charge >= 0.3 is 13.2 Å². The maximum atomic E-state index is 12.2. The highest BCUT2D eigenvalue weighted by molar-refractivity contribution is 6.45. The van der Waals surface area contributed by atoms with Crippen LogP contribution in [0.3, 0.4) is 0 Å². The lowest BCUT2D eigenvalue weighted by Crippen LogP contribution is -2.48. The van der Waals surface area contributed by atoms with Gasteiger partial charge in [0.15, 0.2) is 0 Å². The Labute approximate surface area is 139 Å². The minimum absolute atomic E-state index is 0.106. The van der Waals surface area contributed by atoms with Crippen LogP contribution < -0.4 is 0 Å². The normalized spacial score (nSPS) is 27.2. The lowest BCUT2D eigenvalue weighted by Gasteiger charge is -2.34. The standard InChI is InChI=1S/C16H30BNO5/c1-14(2,3)21-13(19)18-8-9-20-12(11-18)10-17-22-15(4,5)16(6,7)23-17/h12H,8-11H2,1-7H3/t12-/m1/s1. The predicted molar refractivity (Wildman–Crippen MR) is 88.4 cm³/mol. The fourth-order valence-corrected chi connectivity index (χ4v) is 2.63. The second-order valence-electron chi connectivity index (χ2n) is 8.34. The molecular formula is C16H30BNO5. The zero-order valence-corrected chi connectivity index (χ0v) is 15.5. The van der Waals surface area contributed by atoms with Crippen molar-refractivity contribution in [1.29, 1.82) is 0 Å². The Hall–Kier alpha value is -0.785. The first-order valence-corrected chi connectivity index (χ1v) is 8.35. The minimum atomic E-state index is -0.489. The molecule has 0 unspecified atom stereocenters. The summed E-state index contributed by atoms with van der Waals surface area (Å²) < 4.78 is 23.2. The molecule has 2 heterocycles. The number of carbonyl (C=O) groups is 1. The largest absolute Gasteiger partial charge is 0.460 e. The molecule has 0 N–H and O–H groups in total. The number of hydrogen-bond donors (Lipinski definition) is 0. The van der Waals surface area contributed by atoms with E-state index in [0.29, 0.717) is 26.0 Å². The maximum Gasteiger partial charge on any atom is 0.460 e. The van der Waals surface area contributed by atoms with Crippen LogP contribution in [0.1, 0.15) is 48.5 Å². The maximum absolute atomic E-state index is 12.2. The number of nitrogens with zero attached hydrogens (tertiary/aromatic N) is 1. The Morgan fingerprint density at radius 1 is 1.22 bits per heavy atom. The van der Waals surface area contributed by atoms with Crippen molar-refractivity contribution in [3.05, 3.63) is 0 Å². The first-order chi connectivity index (χ1) is 10.4. The molecule has 2 fully saturated rings. The smallest absolute Gasteiger partial charge is 0.444 e. The van der Waals surface area contributed by atoms with Crippen molar-refractivity contribution in [2.45, 2.75) is 77.7 Å². The van der Waals surface area contributed by atoms with Gasteiger partial charge < -0.3 is 23.7 Å². The van der Waals surface area contributed by atoms with E-state index in [0.717, 1.165) is 0 Å². The summed E-state index contributed by atoms with van der Waals surface area (Å²) in [6.45, 7) is 15.3. The zero-order chi connectivity index (χ0) is 17.5. The van der Waals surface area contributed by atoms with Crippen LogP contribution in [0, 0.1) is 0 Å². The summed E-state index contributed by atoms with van der Waals surface area (Å²) in [5.74, 6) is 0. The fraction of sp³-hybridized carbons (Fsp3) is 0.938. The quantitative estimate of drug-likeness (QED) is 0.730. The van der Waals surface area contributed by atoms with Crippen LogP contribution in [0.4, 0.5) is 4.79 Å². The molecule has 2 aliphatic heterocycles. The van der Waals surface area contributed by atoms with Crippen molar-refractivity contribution in [3.63, 3.8) is 0 Å². The van der Waals surface area contributed by atoms with Crippen LogP contribution in [0.25, 0.3) is 0 Å². The molecule has 132 valence electrons. The third-order valence-corrected chi connectivity index (χ3v) is 4.55. The first kappa shape index (κ1) is 18.6. The Morgan fingerprint density at radius 3 is 2.30 bits per heavy atom. The van der Waals surface area contributed by atoms with Gasteiger partial charge in [0.25, 0.3) is 0 Å². The van der Waals surface area contributed by atoms with Crippen molar-refractivity contribution >= 4 is 13.2 Å². The van der Waals surface area contributed by atoms with Crippen molar-refractivity contribution in [2.75, 3.05) is 19.7 Å². The second-order valence-corrected chi connectivity index (χ2v) is 8.34. The summed E-state index contributed by atoms with van der Waals surface area (Å²) >= 11 is 0. The van der Waals surface area contributed by atoms with Crippen LogP contribution in [0.15, 0.2) is 0 Å². The van der Waals surface area contributed by atoms with Crippen LogP contribution in [-0.2, 0) is 18.8 Å².